The van der Waals surface area contributed by atoms with E-state index >= 15 is 0 Å². The van der Waals surface area contributed by atoms with Gasteiger partial charge in [0.25, 0.3) is 0 Å². The number of aliphatic imine (C=N–C) groups is 1. The molecule has 4 nitrogen and oxygen atoms in total. The Balaban J connectivity index is 0.00000300. The number of fused-ring (bicyclic) bond motifs is 1. The van der Waals surface area contributed by atoms with E-state index in [1.807, 2.05) is 24.2 Å². The van der Waals surface area contributed by atoms with Crippen molar-refractivity contribution < 1.29 is 0 Å². The van der Waals surface area contributed by atoms with E-state index < -0.39 is 0 Å². The summed E-state index contributed by atoms with van der Waals surface area (Å²) in [5, 5.41) is 9.74. The molecule has 1 aromatic carbocycles. The van der Waals surface area contributed by atoms with Crippen LogP contribution in [0.15, 0.2) is 88.5 Å². The third-order valence-electron chi connectivity index (χ3n) is 4.95. The zero-order valence-electron chi connectivity index (χ0n) is 17.0. The maximum Gasteiger partial charge on any atom is 0.154 e. The molecule has 1 aromatic rings. The molecule has 0 radical (unpaired) electrons. The second-order valence-electron chi connectivity index (χ2n) is 7.21. The molecule has 0 amide bonds. The van der Waals surface area contributed by atoms with Crippen molar-refractivity contribution in [3.8, 4) is 0 Å². The van der Waals surface area contributed by atoms with Crippen LogP contribution in [0.1, 0.15) is 52.2 Å². The highest BCUT2D eigenvalue weighted by Crippen LogP contribution is 2.30. The van der Waals surface area contributed by atoms with E-state index in [1.54, 1.807) is 0 Å². The molecule has 2 aliphatic heterocycles. The summed E-state index contributed by atoms with van der Waals surface area (Å²) in [5.74, 6) is 0.864. The van der Waals surface area contributed by atoms with E-state index in [-0.39, 0.29) is 7.43 Å². The first-order valence-electron chi connectivity index (χ1n) is 9.59. The summed E-state index contributed by atoms with van der Waals surface area (Å²) in [6, 6.07) is 8.49. The first kappa shape index (κ1) is 22.2. The Morgan fingerprint density at radius 1 is 1.17 bits per heavy atom. The van der Waals surface area contributed by atoms with Crippen LogP contribution < -0.4 is 5.32 Å². The topological polar surface area (TPSA) is 40.0 Å². The molecule has 0 spiro atoms. The van der Waals surface area contributed by atoms with Gasteiger partial charge in [-0.15, -0.1) is 0 Å². The highest BCUT2D eigenvalue weighted by Gasteiger charge is 2.24. The fraction of sp³-hybridized carbons (Fsp3) is 0.280. The van der Waals surface area contributed by atoms with Gasteiger partial charge in [-0.25, -0.2) is 10.0 Å². The molecule has 0 fully saturated rings. The normalized spacial score (nSPS) is 15.1. The summed E-state index contributed by atoms with van der Waals surface area (Å²) in [6.45, 7) is 19.3. The van der Waals surface area contributed by atoms with Gasteiger partial charge in [0.2, 0.25) is 0 Å². The van der Waals surface area contributed by atoms with Crippen molar-refractivity contribution in [3.63, 3.8) is 0 Å². The van der Waals surface area contributed by atoms with Gasteiger partial charge in [0.05, 0.1) is 17.1 Å². The van der Waals surface area contributed by atoms with Crippen molar-refractivity contribution in [1.82, 2.24) is 10.3 Å². The molecule has 0 atom stereocenters. The highest BCUT2D eigenvalue weighted by atomic mass is 15.5. The Morgan fingerprint density at radius 3 is 2.48 bits per heavy atom. The largest absolute Gasteiger partial charge is 0.380 e. The monoisotopic (exact) mass is 388 g/mol. The maximum atomic E-state index is 4.80. The van der Waals surface area contributed by atoms with Crippen LogP contribution in [0.3, 0.4) is 0 Å². The summed E-state index contributed by atoms with van der Waals surface area (Å²) in [7, 11) is 0. The zero-order valence-corrected chi connectivity index (χ0v) is 17.0. The summed E-state index contributed by atoms with van der Waals surface area (Å²) < 4.78 is 0. The lowest BCUT2D eigenvalue weighted by Gasteiger charge is -2.30. The number of nitrogens with zero attached hydrogens (tertiary/aromatic N) is 3. The summed E-state index contributed by atoms with van der Waals surface area (Å²) in [5.41, 5.74) is 8.20. The Labute approximate surface area is 175 Å². The lowest BCUT2D eigenvalue weighted by molar-refractivity contribution is 0.441. The number of hydrogen-bond donors (Lipinski definition) is 1. The number of rotatable bonds is 7. The third-order valence-corrected chi connectivity index (χ3v) is 4.95. The Hall–Kier alpha value is -3.14. The molecule has 4 heteroatoms. The average molecular weight is 389 g/mol. The Kier molecular flexibility index (Phi) is 7.16. The fourth-order valence-corrected chi connectivity index (χ4v) is 3.06. The Morgan fingerprint density at radius 2 is 1.86 bits per heavy atom. The third kappa shape index (κ3) is 4.83. The molecule has 0 bridgehead atoms. The van der Waals surface area contributed by atoms with Crippen LogP contribution in [-0.2, 0) is 6.54 Å². The van der Waals surface area contributed by atoms with E-state index in [1.165, 1.54) is 16.7 Å². The molecule has 2 heterocycles. The molecule has 0 saturated carbocycles. The first-order chi connectivity index (χ1) is 13.4. The minimum absolute atomic E-state index is 0. The summed E-state index contributed by atoms with van der Waals surface area (Å²) in [6.07, 6.45) is 5.66. The van der Waals surface area contributed by atoms with Gasteiger partial charge >= 0.3 is 0 Å². The van der Waals surface area contributed by atoms with Gasteiger partial charge in [-0.3, -0.25) is 0 Å². The van der Waals surface area contributed by atoms with Crippen LogP contribution in [0.5, 0.6) is 0 Å². The molecule has 152 valence electrons. The number of nitrogens with one attached hydrogen (secondary N) is 1. The minimum Gasteiger partial charge on any atom is -0.380 e. The molecule has 0 aliphatic carbocycles. The van der Waals surface area contributed by atoms with Crippen molar-refractivity contribution in [2.24, 2.45) is 10.1 Å². The molecule has 3 rings (SSSR count). The van der Waals surface area contributed by atoms with Crippen LogP contribution in [0.25, 0.3) is 5.57 Å². The SMILES string of the molecule is C.C=C(C)C1=CC(C(=C)NCc2ccc(C(=C)CC)cc2)=NC2=C(C)CC=NN12. The molecule has 0 saturated heterocycles. The molecule has 0 aromatic heterocycles. The zero-order chi connectivity index (χ0) is 20.3. The van der Waals surface area contributed by atoms with Crippen molar-refractivity contribution in [1.29, 1.82) is 0 Å². The standard InChI is InChI=1S/C24H28N4.CH4/c1-7-17(4)21-10-8-20(9-11-21)15-25-19(6)22-14-23(16(2)3)28-24(27-22)18(5)12-13-26-28;/h8-11,13-14,25H,2,4,6-7,12,15H2,1,3,5H3;1H4. The highest BCUT2D eigenvalue weighted by molar-refractivity contribution is 6.09. The van der Waals surface area contributed by atoms with E-state index in [9.17, 15) is 0 Å². The number of benzene rings is 1. The van der Waals surface area contributed by atoms with Crippen LogP contribution >= 0.6 is 0 Å². The molecule has 1 N–H and O–H groups in total. The van der Waals surface area contributed by atoms with E-state index in [0.29, 0.717) is 6.54 Å². The molecule has 2 aliphatic rings. The van der Waals surface area contributed by atoms with Crippen molar-refractivity contribution in [3.05, 3.63) is 89.6 Å². The molecular formula is C25H32N4. The lowest BCUT2D eigenvalue weighted by Crippen LogP contribution is -2.28. The van der Waals surface area contributed by atoms with Crippen molar-refractivity contribution >= 4 is 17.5 Å². The minimum atomic E-state index is 0. The predicted molar refractivity (Wildman–Crippen MR) is 126 cm³/mol. The quantitative estimate of drug-likeness (QED) is 0.605. The predicted octanol–water partition coefficient (Wildman–Crippen LogP) is 6.19. The second kappa shape index (κ2) is 9.37. The molecule has 29 heavy (non-hydrogen) atoms. The van der Waals surface area contributed by atoms with Gasteiger partial charge in [-0.1, -0.05) is 58.4 Å². The van der Waals surface area contributed by atoms with E-state index in [2.05, 4.69) is 68.3 Å². The maximum absolute atomic E-state index is 4.80. The van der Waals surface area contributed by atoms with Gasteiger partial charge in [0.1, 0.15) is 0 Å². The van der Waals surface area contributed by atoms with Crippen LogP contribution in [0.4, 0.5) is 0 Å². The van der Waals surface area contributed by atoms with E-state index in [0.717, 1.165) is 46.9 Å². The summed E-state index contributed by atoms with van der Waals surface area (Å²) in [4.78, 5) is 4.80. The number of allylic oxidation sites excluding steroid dienone is 4. The van der Waals surface area contributed by atoms with Gasteiger partial charge in [0, 0.05) is 19.2 Å². The van der Waals surface area contributed by atoms with Crippen LogP contribution in [-0.4, -0.2) is 16.9 Å². The first-order valence-corrected chi connectivity index (χ1v) is 9.59. The molecular weight excluding hydrogens is 356 g/mol. The fourth-order valence-electron chi connectivity index (χ4n) is 3.06. The number of hydrogen-bond acceptors (Lipinski definition) is 4. The molecule has 0 unspecified atom stereocenters. The number of hydrazone groups is 1. The Bertz CT molecular complexity index is 940. The van der Waals surface area contributed by atoms with E-state index in [4.69, 9.17) is 4.99 Å². The van der Waals surface area contributed by atoms with Crippen molar-refractivity contribution in [2.75, 3.05) is 0 Å². The second-order valence-corrected chi connectivity index (χ2v) is 7.21. The lowest BCUT2D eigenvalue weighted by atomic mass is 10.0. The van der Waals surface area contributed by atoms with Crippen LogP contribution in [0, 0.1) is 0 Å². The van der Waals surface area contributed by atoms with Crippen LogP contribution in [0.2, 0.25) is 0 Å². The van der Waals surface area contributed by atoms with Gasteiger partial charge in [-0.2, -0.15) is 5.10 Å². The van der Waals surface area contributed by atoms with Gasteiger partial charge < -0.3 is 5.32 Å². The van der Waals surface area contributed by atoms with Gasteiger partial charge in [0.15, 0.2) is 5.82 Å². The summed E-state index contributed by atoms with van der Waals surface area (Å²) >= 11 is 0. The van der Waals surface area contributed by atoms with Gasteiger partial charge in [-0.05, 0) is 54.2 Å². The average Bonchev–Trinajstić information content (AvgIpc) is 2.71. The smallest absolute Gasteiger partial charge is 0.154 e. The van der Waals surface area contributed by atoms with Crippen molar-refractivity contribution in [2.45, 2.75) is 47.6 Å².